The Balaban J connectivity index is 2.63. The number of ether oxygens (including phenoxy) is 2. The van der Waals surface area contributed by atoms with Gasteiger partial charge in [0.15, 0.2) is 0 Å². The molecule has 0 saturated heterocycles. The van der Waals surface area contributed by atoms with Gasteiger partial charge in [-0.2, -0.15) is 0 Å². The molecule has 94 valence electrons. The molecule has 0 aliphatic rings. The molecule has 17 heavy (non-hydrogen) atoms. The number of rotatable bonds is 5. The van der Waals surface area contributed by atoms with Crippen LogP contribution in [-0.4, -0.2) is 25.3 Å². The minimum Gasteiger partial charge on any atom is -0.457 e. The van der Waals surface area contributed by atoms with Crippen molar-refractivity contribution in [2.24, 2.45) is 0 Å². The zero-order valence-electron chi connectivity index (χ0n) is 10.5. The number of nitrogen functional groups attached to an aromatic ring is 1. The van der Waals surface area contributed by atoms with Crippen molar-refractivity contribution in [3.63, 3.8) is 0 Å². The second-order valence-corrected chi connectivity index (χ2v) is 4.01. The van der Waals surface area contributed by atoms with Crippen LogP contribution in [0, 0.1) is 6.92 Å². The predicted molar refractivity (Wildman–Crippen MR) is 67.0 cm³/mol. The molecule has 2 N–H and O–H groups in total. The molecule has 0 saturated carbocycles. The Morgan fingerprint density at radius 3 is 2.71 bits per heavy atom. The van der Waals surface area contributed by atoms with E-state index in [2.05, 4.69) is 0 Å². The molecule has 0 heterocycles. The molecule has 0 radical (unpaired) electrons. The Bertz CT molecular complexity index is 370. The monoisotopic (exact) mass is 237 g/mol. The highest BCUT2D eigenvalue weighted by Crippen LogP contribution is 2.13. The van der Waals surface area contributed by atoms with Crippen LogP contribution < -0.4 is 5.73 Å². The number of benzene rings is 1. The average Bonchev–Trinajstić information content (AvgIpc) is 2.25. The maximum atomic E-state index is 11.8. The summed E-state index contributed by atoms with van der Waals surface area (Å²) in [5.41, 5.74) is 7.66. The summed E-state index contributed by atoms with van der Waals surface area (Å²) >= 11 is 0. The summed E-state index contributed by atoms with van der Waals surface area (Å²) in [7, 11) is 0. The molecule has 0 bridgehead atoms. The number of hydrogen-bond acceptors (Lipinski definition) is 4. The van der Waals surface area contributed by atoms with E-state index in [4.69, 9.17) is 15.2 Å². The molecule has 0 aliphatic heterocycles. The van der Waals surface area contributed by atoms with Gasteiger partial charge in [0.05, 0.1) is 12.2 Å². The lowest BCUT2D eigenvalue weighted by atomic mass is 10.1. The van der Waals surface area contributed by atoms with Gasteiger partial charge in [-0.1, -0.05) is 0 Å². The number of carbonyl (C=O) groups is 1. The number of carbonyl (C=O) groups excluding carboxylic acids is 1. The van der Waals surface area contributed by atoms with E-state index in [9.17, 15) is 4.79 Å². The van der Waals surface area contributed by atoms with E-state index in [1.165, 1.54) is 0 Å². The third-order valence-electron chi connectivity index (χ3n) is 2.20. The number of hydrogen-bond donors (Lipinski definition) is 1. The first-order valence-electron chi connectivity index (χ1n) is 5.68. The zero-order chi connectivity index (χ0) is 12.8. The highest BCUT2D eigenvalue weighted by molar-refractivity contribution is 5.90. The van der Waals surface area contributed by atoms with Gasteiger partial charge in [-0.15, -0.1) is 0 Å². The first-order valence-corrected chi connectivity index (χ1v) is 5.68. The standard InChI is InChI=1S/C13H19NO3/c1-4-16-8-10(3)17-13(15)11-5-9(2)6-12(14)7-11/h5-7,10H,4,8,14H2,1-3H3. The quantitative estimate of drug-likeness (QED) is 0.629. The normalized spacial score (nSPS) is 12.2. The van der Waals surface area contributed by atoms with E-state index in [1.807, 2.05) is 13.8 Å². The Morgan fingerprint density at radius 2 is 2.12 bits per heavy atom. The van der Waals surface area contributed by atoms with Gasteiger partial charge >= 0.3 is 5.97 Å². The highest BCUT2D eigenvalue weighted by Gasteiger charge is 2.12. The van der Waals surface area contributed by atoms with E-state index in [0.29, 0.717) is 24.5 Å². The number of aryl methyl sites for hydroxylation is 1. The zero-order valence-corrected chi connectivity index (χ0v) is 10.5. The van der Waals surface area contributed by atoms with Crippen LogP contribution in [0.4, 0.5) is 5.69 Å². The van der Waals surface area contributed by atoms with Crippen LogP contribution in [0.5, 0.6) is 0 Å². The molecule has 0 aromatic heterocycles. The van der Waals surface area contributed by atoms with Gasteiger partial charge in [-0.25, -0.2) is 4.79 Å². The lowest BCUT2D eigenvalue weighted by Gasteiger charge is -2.13. The van der Waals surface area contributed by atoms with Crippen LogP contribution in [0.2, 0.25) is 0 Å². The average molecular weight is 237 g/mol. The molecule has 0 amide bonds. The van der Waals surface area contributed by atoms with Gasteiger partial charge in [0.25, 0.3) is 0 Å². The first kappa shape index (κ1) is 13.5. The maximum Gasteiger partial charge on any atom is 0.338 e. The third-order valence-corrected chi connectivity index (χ3v) is 2.20. The minimum atomic E-state index is -0.368. The SMILES string of the molecule is CCOCC(C)OC(=O)c1cc(C)cc(N)c1. The van der Waals surface area contributed by atoms with Crippen LogP contribution in [-0.2, 0) is 9.47 Å². The molecule has 1 rings (SSSR count). The molecule has 1 aromatic rings. The van der Waals surface area contributed by atoms with E-state index in [-0.39, 0.29) is 12.1 Å². The van der Waals surface area contributed by atoms with Gasteiger partial charge in [-0.05, 0) is 44.5 Å². The summed E-state index contributed by atoms with van der Waals surface area (Å²) in [5.74, 6) is -0.368. The fourth-order valence-corrected chi connectivity index (χ4v) is 1.50. The maximum absolute atomic E-state index is 11.8. The second-order valence-electron chi connectivity index (χ2n) is 4.01. The molecule has 4 nitrogen and oxygen atoms in total. The number of nitrogens with two attached hydrogens (primary N) is 1. The van der Waals surface area contributed by atoms with Crippen molar-refractivity contribution < 1.29 is 14.3 Å². The van der Waals surface area contributed by atoms with Gasteiger partial charge in [0.1, 0.15) is 6.10 Å². The fourth-order valence-electron chi connectivity index (χ4n) is 1.50. The van der Waals surface area contributed by atoms with Crippen molar-refractivity contribution in [2.45, 2.75) is 26.9 Å². The fraction of sp³-hybridized carbons (Fsp3) is 0.462. The van der Waals surface area contributed by atoms with E-state index in [0.717, 1.165) is 5.56 Å². The summed E-state index contributed by atoms with van der Waals surface area (Å²) in [6.07, 6.45) is -0.260. The van der Waals surface area contributed by atoms with Crippen molar-refractivity contribution in [1.82, 2.24) is 0 Å². The van der Waals surface area contributed by atoms with Gasteiger partial charge in [0.2, 0.25) is 0 Å². The van der Waals surface area contributed by atoms with E-state index < -0.39 is 0 Å². The van der Waals surface area contributed by atoms with Crippen LogP contribution in [0.15, 0.2) is 18.2 Å². The molecule has 0 fully saturated rings. The lowest BCUT2D eigenvalue weighted by Crippen LogP contribution is -2.20. The Morgan fingerprint density at radius 1 is 1.41 bits per heavy atom. The van der Waals surface area contributed by atoms with Gasteiger partial charge in [-0.3, -0.25) is 0 Å². The molecule has 0 aliphatic carbocycles. The van der Waals surface area contributed by atoms with Crippen molar-refractivity contribution >= 4 is 11.7 Å². The van der Waals surface area contributed by atoms with Crippen LogP contribution in [0.3, 0.4) is 0 Å². The summed E-state index contributed by atoms with van der Waals surface area (Å²) in [4.78, 5) is 11.8. The van der Waals surface area contributed by atoms with Crippen molar-refractivity contribution in [2.75, 3.05) is 18.9 Å². The molecular weight excluding hydrogens is 218 g/mol. The lowest BCUT2D eigenvalue weighted by molar-refractivity contribution is 0.00439. The minimum absolute atomic E-state index is 0.260. The molecule has 1 atom stereocenters. The van der Waals surface area contributed by atoms with Crippen LogP contribution >= 0.6 is 0 Å². The summed E-state index contributed by atoms with van der Waals surface area (Å²) in [6, 6.07) is 5.18. The van der Waals surface area contributed by atoms with Gasteiger partial charge < -0.3 is 15.2 Å². The van der Waals surface area contributed by atoms with E-state index >= 15 is 0 Å². The number of anilines is 1. The van der Waals surface area contributed by atoms with Crippen LogP contribution in [0.1, 0.15) is 29.8 Å². The summed E-state index contributed by atoms with van der Waals surface area (Å²) in [5, 5.41) is 0. The smallest absolute Gasteiger partial charge is 0.338 e. The Hall–Kier alpha value is -1.55. The largest absolute Gasteiger partial charge is 0.457 e. The third kappa shape index (κ3) is 4.44. The van der Waals surface area contributed by atoms with Crippen LogP contribution in [0.25, 0.3) is 0 Å². The molecule has 1 aromatic carbocycles. The van der Waals surface area contributed by atoms with Crippen molar-refractivity contribution in [3.8, 4) is 0 Å². The molecule has 1 unspecified atom stereocenters. The Kier molecular flexibility index (Phi) is 4.97. The second kappa shape index (κ2) is 6.25. The first-order chi connectivity index (χ1) is 8.02. The topological polar surface area (TPSA) is 61.5 Å². The predicted octanol–water partition coefficient (Wildman–Crippen LogP) is 2.16. The highest BCUT2D eigenvalue weighted by atomic mass is 16.6. The van der Waals surface area contributed by atoms with Gasteiger partial charge in [0, 0.05) is 12.3 Å². The summed E-state index contributed by atoms with van der Waals surface area (Å²) in [6.45, 7) is 6.60. The molecule has 4 heteroatoms. The molecular formula is C13H19NO3. The summed E-state index contributed by atoms with van der Waals surface area (Å²) < 4.78 is 10.4. The van der Waals surface area contributed by atoms with Crippen molar-refractivity contribution in [3.05, 3.63) is 29.3 Å². The number of esters is 1. The molecule has 0 spiro atoms. The van der Waals surface area contributed by atoms with Crippen molar-refractivity contribution in [1.29, 1.82) is 0 Å². The Labute approximate surface area is 102 Å². The van der Waals surface area contributed by atoms with E-state index in [1.54, 1.807) is 25.1 Å².